The lowest BCUT2D eigenvalue weighted by Gasteiger charge is -2.31. The summed E-state index contributed by atoms with van der Waals surface area (Å²) in [6, 6.07) is 0. The molecule has 0 aliphatic heterocycles. The van der Waals surface area contributed by atoms with Gasteiger partial charge in [0.1, 0.15) is 0 Å². The van der Waals surface area contributed by atoms with Crippen LogP contribution >= 0.6 is 0 Å². The van der Waals surface area contributed by atoms with Crippen molar-refractivity contribution in [2.45, 2.75) is 13.3 Å². The van der Waals surface area contributed by atoms with E-state index in [0.29, 0.717) is 0 Å². The minimum atomic E-state index is -0.163. The van der Waals surface area contributed by atoms with E-state index in [2.05, 4.69) is 13.0 Å². The summed E-state index contributed by atoms with van der Waals surface area (Å²) in [4.78, 5) is 27.9. The zero-order valence-corrected chi connectivity index (χ0v) is 11.8. The molecule has 0 radical (unpaired) electrons. The van der Waals surface area contributed by atoms with Crippen LogP contribution in [0.1, 0.15) is 13.3 Å². The van der Waals surface area contributed by atoms with Gasteiger partial charge in [0, 0.05) is 28.2 Å². The number of hydrogen-bond acceptors (Lipinski definition) is 2. The lowest BCUT2D eigenvalue weighted by Crippen LogP contribution is -2.43. The van der Waals surface area contributed by atoms with Crippen LogP contribution in [0.25, 0.3) is 0 Å². The first kappa shape index (κ1) is 13.1. The van der Waals surface area contributed by atoms with Crippen LogP contribution in [-0.4, -0.2) is 49.8 Å². The molecule has 4 nitrogen and oxygen atoms in total. The van der Waals surface area contributed by atoms with Crippen molar-refractivity contribution in [3.8, 4) is 0 Å². The molecule has 0 spiro atoms. The van der Waals surface area contributed by atoms with Crippen LogP contribution in [0.5, 0.6) is 0 Å². The minimum Gasteiger partial charge on any atom is -0.349 e. The summed E-state index contributed by atoms with van der Waals surface area (Å²) in [5, 5.41) is 0. The monoisotopic (exact) mass is 250 g/mol. The normalized spacial score (nSPS) is 33.3. The fraction of sp³-hybridized carbons (Fsp3) is 0.714. The Morgan fingerprint density at radius 2 is 1.56 bits per heavy atom. The van der Waals surface area contributed by atoms with Gasteiger partial charge in [-0.3, -0.25) is 9.59 Å². The lowest BCUT2D eigenvalue weighted by atomic mass is 9.78. The molecule has 2 aliphatic carbocycles. The first-order chi connectivity index (χ1) is 8.34. The Hall–Kier alpha value is -1.32. The van der Waals surface area contributed by atoms with Crippen LogP contribution in [0.3, 0.4) is 0 Å². The molecule has 18 heavy (non-hydrogen) atoms. The predicted octanol–water partition coefficient (Wildman–Crippen LogP) is 0.991. The third-order valence-corrected chi connectivity index (χ3v) is 4.32. The third-order valence-electron chi connectivity index (χ3n) is 4.32. The molecule has 0 aromatic carbocycles. The van der Waals surface area contributed by atoms with Gasteiger partial charge in [-0.05, 0) is 25.2 Å². The van der Waals surface area contributed by atoms with Crippen molar-refractivity contribution >= 4 is 11.8 Å². The zero-order valence-electron chi connectivity index (χ0n) is 11.8. The molecule has 2 rings (SSSR count). The standard InChI is InChI=1S/C14H22N2O2/c1-8-6-9-7-10(8)12(14(18)16(4)5)11(9)13(17)15(2)3/h6,9-12H,7H2,1-5H3. The number of fused-ring (bicyclic) bond motifs is 2. The van der Waals surface area contributed by atoms with Gasteiger partial charge in [0.25, 0.3) is 0 Å². The zero-order chi connectivity index (χ0) is 13.6. The summed E-state index contributed by atoms with van der Waals surface area (Å²) in [5.41, 5.74) is 1.28. The van der Waals surface area contributed by atoms with Crippen molar-refractivity contribution in [2.75, 3.05) is 28.2 Å². The van der Waals surface area contributed by atoms with E-state index < -0.39 is 0 Å². The Balaban J connectivity index is 2.33. The second-order valence-electron chi connectivity index (χ2n) is 5.93. The Kier molecular flexibility index (Phi) is 3.21. The Morgan fingerprint density at radius 3 is 2.06 bits per heavy atom. The summed E-state index contributed by atoms with van der Waals surface area (Å²) in [7, 11) is 7.07. The van der Waals surface area contributed by atoms with Gasteiger partial charge in [-0.15, -0.1) is 0 Å². The van der Waals surface area contributed by atoms with Gasteiger partial charge in [-0.25, -0.2) is 0 Å². The highest BCUT2D eigenvalue weighted by molar-refractivity contribution is 5.89. The summed E-state index contributed by atoms with van der Waals surface area (Å²) in [5.74, 6) is 0.368. The fourth-order valence-corrected chi connectivity index (χ4v) is 3.46. The molecule has 4 heteroatoms. The number of allylic oxidation sites excluding steroid dienone is 2. The lowest BCUT2D eigenvalue weighted by molar-refractivity contribution is -0.144. The van der Waals surface area contributed by atoms with Gasteiger partial charge in [-0.1, -0.05) is 11.6 Å². The Bertz CT molecular complexity index is 412. The number of carbonyl (C=O) groups excluding carboxylic acids is 2. The second-order valence-corrected chi connectivity index (χ2v) is 5.93. The molecule has 2 bridgehead atoms. The van der Waals surface area contributed by atoms with Crippen LogP contribution in [0.2, 0.25) is 0 Å². The summed E-state index contributed by atoms with van der Waals surface area (Å²) >= 11 is 0. The van der Waals surface area contributed by atoms with Gasteiger partial charge in [0.05, 0.1) is 11.8 Å². The molecule has 0 saturated heterocycles. The van der Waals surface area contributed by atoms with Crippen molar-refractivity contribution in [1.82, 2.24) is 9.80 Å². The molecular formula is C14H22N2O2. The van der Waals surface area contributed by atoms with E-state index in [4.69, 9.17) is 0 Å². The van der Waals surface area contributed by atoms with Crippen molar-refractivity contribution < 1.29 is 9.59 Å². The summed E-state index contributed by atoms with van der Waals surface area (Å²) < 4.78 is 0. The van der Waals surface area contributed by atoms with Crippen LogP contribution < -0.4 is 0 Å². The van der Waals surface area contributed by atoms with E-state index in [1.807, 2.05) is 0 Å². The van der Waals surface area contributed by atoms with Crippen molar-refractivity contribution in [1.29, 1.82) is 0 Å². The maximum absolute atomic E-state index is 12.3. The Labute approximate surface area is 109 Å². The van der Waals surface area contributed by atoms with E-state index in [1.165, 1.54) is 5.57 Å². The van der Waals surface area contributed by atoms with Crippen LogP contribution in [0.15, 0.2) is 11.6 Å². The van der Waals surface area contributed by atoms with Gasteiger partial charge >= 0.3 is 0 Å². The number of rotatable bonds is 2. The van der Waals surface area contributed by atoms with Gasteiger partial charge in [0.2, 0.25) is 11.8 Å². The molecule has 0 heterocycles. The van der Waals surface area contributed by atoms with Gasteiger partial charge < -0.3 is 9.80 Å². The molecule has 1 saturated carbocycles. The Morgan fingerprint density at radius 1 is 1.06 bits per heavy atom. The first-order valence-corrected chi connectivity index (χ1v) is 6.45. The van der Waals surface area contributed by atoms with Crippen LogP contribution in [-0.2, 0) is 9.59 Å². The van der Waals surface area contributed by atoms with Crippen LogP contribution in [0.4, 0.5) is 0 Å². The maximum Gasteiger partial charge on any atom is 0.226 e. The van der Waals surface area contributed by atoms with Crippen molar-refractivity contribution in [3.05, 3.63) is 11.6 Å². The SMILES string of the molecule is CC1=CC2CC1C(C(=O)N(C)C)C2C(=O)N(C)C. The molecule has 0 aromatic rings. The molecule has 4 atom stereocenters. The number of amides is 2. The number of carbonyl (C=O) groups is 2. The number of nitrogens with zero attached hydrogens (tertiary/aromatic N) is 2. The first-order valence-electron chi connectivity index (χ1n) is 6.45. The molecule has 2 aliphatic rings. The van der Waals surface area contributed by atoms with E-state index in [1.54, 1.807) is 38.0 Å². The largest absolute Gasteiger partial charge is 0.349 e. The minimum absolute atomic E-state index is 0.0893. The topological polar surface area (TPSA) is 40.6 Å². The average Bonchev–Trinajstić information content (AvgIpc) is 2.82. The van der Waals surface area contributed by atoms with E-state index >= 15 is 0 Å². The smallest absolute Gasteiger partial charge is 0.226 e. The summed E-state index contributed by atoms with van der Waals surface area (Å²) in [6.45, 7) is 2.08. The molecule has 1 fully saturated rings. The third kappa shape index (κ3) is 1.84. The van der Waals surface area contributed by atoms with Gasteiger partial charge in [0.15, 0.2) is 0 Å². The molecule has 0 aromatic heterocycles. The summed E-state index contributed by atoms with van der Waals surface area (Å²) in [6.07, 6.45) is 3.15. The average molecular weight is 250 g/mol. The molecular weight excluding hydrogens is 228 g/mol. The molecule has 100 valence electrons. The second kappa shape index (κ2) is 4.41. The van der Waals surface area contributed by atoms with E-state index in [0.717, 1.165) is 6.42 Å². The number of hydrogen-bond donors (Lipinski definition) is 0. The van der Waals surface area contributed by atoms with Crippen molar-refractivity contribution in [3.63, 3.8) is 0 Å². The highest BCUT2D eigenvalue weighted by atomic mass is 16.2. The van der Waals surface area contributed by atoms with E-state index in [-0.39, 0.29) is 35.5 Å². The molecule has 4 unspecified atom stereocenters. The van der Waals surface area contributed by atoms with E-state index in [9.17, 15) is 9.59 Å². The predicted molar refractivity (Wildman–Crippen MR) is 69.7 cm³/mol. The van der Waals surface area contributed by atoms with Crippen LogP contribution in [0, 0.1) is 23.7 Å². The van der Waals surface area contributed by atoms with Crippen molar-refractivity contribution in [2.24, 2.45) is 23.7 Å². The molecule has 0 N–H and O–H groups in total. The fourth-order valence-electron chi connectivity index (χ4n) is 3.46. The maximum atomic E-state index is 12.3. The quantitative estimate of drug-likeness (QED) is 0.686. The van der Waals surface area contributed by atoms with Gasteiger partial charge in [-0.2, -0.15) is 0 Å². The molecule has 2 amide bonds. The highest BCUT2D eigenvalue weighted by Gasteiger charge is 2.53. The highest BCUT2D eigenvalue weighted by Crippen LogP contribution is 2.52.